The highest BCUT2D eigenvalue weighted by molar-refractivity contribution is 5.77. The summed E-state index contributed by atoms with van der Waals surface area (Å²) in [5.41, 5.74) is 11.3. The molecule has 0 radical (unpaired) electrons. The van der Waals surface area contributed by atoms with Crippen LogP contribution < -0.4 is 5.73 Å². The molecule has 0 aliphatic carbocycles. The third kappa shape index (κ3) is 5.98. The zero-order chi connectivity index (χ0) is 22.1. The minimum Gasteiger partial charge on any atom is -0.480 e. The summed E-state index contributed by atoms with van der Waals surface area (Å²) >= 11 is 0. The predicted octanol–water partition coefficient (Wildman–Crippen LogP) is 5.60. The van der Waals surface area contributed by atoms with Crippen LogP contribution >= 0.6 is 0 Å². The summed E-state index contributed by atoms with van der Waals surface area (Å²) in [5.74, 6) is -1.02. The van der Waals surface area contributed by atoms with Crippen LogP contribution in [-0.4, -0.2) is 17.4 Å². The zero-order valence-electron chi connectivity index (χ0n) is 16.9. The van der Waals surface area contributed by atoms with Crippen LogP contribution in [0.15, 0.2) is 109 Å². The first kappa shape index (κ1) is 21.7. The van der Waals surface area contributed by atoms with Gasteiger partial charge in [0.05, 0.1) is 0 Å². The van der Waals surface area contributed by atoms with Gasteiger partial charge in [0.1, 0.15) is 12.3 Å². The number of carboxylic acids is 1. The van der Waals surface area contributed by atoms with Crippen LogP contribution in [0.1, 0.15) is 22.0 Å². The van der Waals surface area contributed by atoms with Crippen LogP contribution in [0.5, 0.6) is 0 Å². The van der Waals surface area contributed by atoms with Gasteiger partial charge in [-0.05, 0) is 27.8 Å². The molecule has 3 N–H and O–H groups in total. The van der Waals surface area contributed by atoms with Crippen LogP contribution in [0, 0.1) is 0 Å². The second-order valence-electron chi connectivity index (χ2n) is 6.91. The summed E-state index contributed by atoms with van der Waals surface area (Å²) in [6.45, 7) is 0. The lowest BCUT2D eigenvalue weighted by Gasteiger charge is -2.07. The van der Waals surface area contributed by atoms with E-state index in [1.54, 1.807) is 12.1 Å². The van der Waals surface area contributed by atoms with E-state index in [-0.39, 0.29) is 0 Å². The summed E-state index contributed by atoms with van der Waals surface area (Å²) in [5, 5.41) is 8.80. The van der Waals surface area contributed by atoms with E-state index in [1.165, 1.54) is 5.56 Å². The van der Waals surface area contributed by atoms with Gasteiger partial charge < -0.3 is 10.8 Å². The highest BCUT2D eigenvalue weighted by Crippen LogP contribution is 2.21. The number of carbonyl (C=O) groups is 2. The maximum Gasteiger partial charge on any atom is 0.325 e. The third-order valence-electron chi connectivity index (χ3n) is 4.80. The minimum absolute atomic E-state index is 0.609. The maximum atomic E-state index is 10.7. The monoisotopic (exact) mass is 409 g/mol. The second kappa shape index (κ2) is 10.7. The molecule has 4 rings (SSSR count). The number of aliphatic carboxylic acids is 1. The minimum atomic E-state index is -1.02. The fourth-order valence-corrected chi connectivity index (χ4v) is 3.04. The van der Waals surface area contributed by atoms with Gasteiger partial charge in [0.25, 0.3) is 0 Å². The Morgan fingerprint density at radius 1 is 0.645 bits per heavy atom. The van der Waals surface area contributed by atoms with Crippen molar-refractivity contribution >= 4 is 12.3 Å². The van der Waals surface area contributed by atoms with Crippen molar-refractivity contribution in [3.05, 3.63) is 120 Å². The lowest BCUT2D eigenvalue weighted by atomic mass is 10.0. The molecule has 0 aliphatic heterocycles. The van der Waals surface area contributed by atoms with Crippen molar-refractivity contribution in [3.63, 3.8) is 0 Å². The number of rotatable bonds is 5. The van der Waals surface area contributed by atoms with Gasteiger partial charge in [-0.15, -0.1) is 0 Å². The van der Waals surface area contributed by atoms with Crippen LogP contribution in [-0.2, 0) is 4.79 Å². The van der Waals surface area contributed by atoms with Crippen molar-refractivity contribution in [2.75, 3.05) is 0 Å². The van der Waals surface area contributed by atoms with Gasteiger partial charge in [-0.3, -0.25) is 9.59 Å². The molecule has 0 saturated heterocycles. The summed E-state index contributed by atoms with van der Waals surface area (Å²) < 4.78 is 0. The normalized spacial score (nSPS) is 11.0. The Hall–Kier alpha value is -4.02. The number of benzene rings is 4. The van der Waals surface area contributed by atoms with E-state index >= 15 is 0 Å². The summed E-state index contributed by atoms with van der Waals surface area (Å²) in [4.78, 5) is 21.2. The van der Waals surface area contributed by atoms with E-state index in [9.17, 15) is 9.59 Å². The van der Waals surface area contributed by atoms with Crippen LogP contribution in [0.25, 0.3) is 22.3 Å². The molecule has 0 heterocycles. The predicted molar refractivity (Wildman–Crippen MR) is 124 cm³/mol. The molecule has 0 aromatic heterocycles. The van der Waals surface area contributed by atoms with E-state index in [2.05, 4.69) is 12.1 Å². The van der Waals surface area contributed by atoms with Crippen LogP contribution in [0.2, 0.25) is 0 Å². The van der Waals surface area contributed by atoms with Gasteiger partial charge >= 0.3 is 5.97 Å². The SMILES string of the molecule is NC(C(=O)O)c1ccc(-c2ccccc2)cc1.O=Cc1ccc(-c2ccccc2)cc1. The molecule has 4 heteroatoms. The number of carboxylic acid groups (broad SMARTS) is 1. The largest absolute Gasteiger partial charge is 0.480 e. The Balaban J connectivity index is 0.000000179. The highest BCUT2D eigenvalue weighted by atomic mass is 16.4. The van der Waals surface area contributed by atoms with Crippen LogP contribution in [0.4, 0.5) is 0 Å². The van der Waals surface area contributed by atoms with E-state index < -0.39 is 12.0 Å². The molecule has 0 amide bonds. The molecular formula is C27H23NO3. The standard InChI is InChI=1S/C14H13NO2.C13H10O/c15-13(14(16)17)12-8-6-11(7-9-12)10-4-2-1-3-5-10;14-10-11-6-8-13(9-7-11)12-4-2-1-3-5-12/h1-9,13H,15H2,(H,16,17);1-10H. The maximum absolute atomic E-state index is 10.7. The Kier molecular flexibility index (Phi) is 7.46. The zero-order valence-corrected chi connectivity index (χ0v) is 16.9. The molecule has 0 aliphatic rings. The first-order chi connectivity index (χ1) is 15.1. The molecule has 0 bridgehead atoms. The Morgan fingerprint density at radius 2 is 1.03 bits per heavy atom. The third-order valence-corrected chi connectivity index (χ3v) is 4.80. The quantitative estimate of drug-likeness (QED) is 0.420. The smallest absolute Gasteiger partial charge is 0.325 e. The van der Waals surface area contributed by atoms with E-state index in [0.717, 1.165) is 23.0 Å². The summed E-state index contributed by atoms with van der Waals surface area (Å²) in [6, 6.07) is 33.9. The molecule has 4 nitrogen and oxygen atoms in total. The fraction of sp³-hybridized carbons (Fsp3) is 0.0370. The Labute approximate surface area is 181 Å². The Bertz CT molecular complexity index is 1110. The van der Waals surface area contributed by atoms with Crippen molar-refractivity contribution in [2.24, 2.45) is 5.73 Å². The first-order valence-corrected chi connectivity index (χ1v) is 9.83. The van der Waals surface area contributed by atoms with Crippen LogP contribution in [0.3, 0.4) is 0 Å². The van der Waals surface area contributed by atoms with Gasteiger partial charge in [-0.25, -0.2) is 0 Å². The van der Waals surface area contributed by atoms with Gasteiger partial charge in [0.15, 0.2) is 0 Å². The molecular weight excluding hydrogens is 386 g/mol. The van der Waals surface area contributed by atoms with Crippen molar-refractivity contribution in [1.29, 1.82) is 0 Å². The molecule has 4 aromatic carbocycles. The second-order valence-corrected chi connectivity index (χ2v) is 6.91. The summed E-state index contributed by atoms with van der Waals surface area (Å²) in [6.07, 6.45) is 0.856. The lowest BCUT2D eigenvalue weighted by Crippen LogP contribution is -2.20. The first-order valence-electron chi connectivity index (χ1n) is 9.83. The van der Waals surface area contributed by atoms with E-state index in [0.29, 0.717) is 11.1 Å². The molecule has 31 heavy (non-hydrogen) atoms. The van der Waals surface area contributed by atoms with E-state index in [4.69, 9.17) is 10.8 Å². The van der Waals surface area contributed by atoms with Gasteiger partial charge in [-0.1, -0.05) is 109 Å². The van der Waals surface area contributed by atoms with Crippen molar-refractivity contribution < 1.29 is 14.7 Å². The van der Waals surface area contributed by atoms with Crippen molar-refractivity contribution in [2.45, 2.75) is 6.04 Å². The summed E-state index contributed by atoms with van der Waals surface area (Å²) in [7, 11) is 0. The molecule has 1 atom stereocenters. The number of nitrogens with two attached hydrogens (primary N) is 1. The molecule has 0 fully saturated rings. The number of carbonyl (C=O) groups excluding carboxylic acids is 1. The van der Waals surface area contributed by atoms with Crippen molar-refractivity contribution in [3.8, 4) is 22.3 Å². The lowest BCUT2D eigenvalue weighted by molar-refractivity contribution is -0.138. The number of aldehydes is 1. The van der Waals surface area contributed by atoms with Gasteiger partial charge in [0.2, 0.25) is 0 Å². The molecule has 154 valence electrons. The van der Waals surface area contributed by atoms with Gasteiger partial charge in [-0.2, -0.15) is 0 Å². The van der Waals surface area contributed by atoms with Crippen molar-refractivity contribution in [1.82, 2.24) is 0 Å². The Morgan fingerprint density at radius 3 is 1.42 bits per heavy atom. The molecule has 0 spiro atoms. The number of hydrogen-bond acceptors (Lipinski definition) is 3. The van der Waals surface area contributed by atoms with E-state index in [1.807, 2.05) is 84.9 Å². The molecule has 4 aromatic rings. The molecule has 1 unspecified atom stereocenters. The number of hydrogen-bond donors (Lipinski definition) is 2. The average Bonchev–Trinajstić information content (AvgIpc) is 2.85. The topological polar surface area (TPSA) is 80.4 Å². The fourth-order valence-electron chi connectivity index (χ4n) is 3.04. The van der Waals surface area contributed by atoms with Gasteiger partial charge in [0, 0.05) is 5.56 Å². The average molecular weight is 409 g/mol. The molecule has 0 saturated carbocycles. The highest BCUT2D eigenvalue weighted by Gasteiger charge is 2.13.